The Hall–Kier alpha value is -1.86. The first kappa shape index (κ1) is 8.73. The molecule has 0 aliphatic heterocycles. The molecule has 2 heterocycles. The molecule has 0 unspecified atom stereocenters. The Balaban J connectivity index is 2.25. The molecule has 0 bridgehead atoms. The van der Waals surface area contributed by atoms with Gasteiger partial charge in [0.1, 0.15) is 18.6 Å². The van der Waals surface area contributed by atoms with Crippen molar-refractivity contribution in [1.82, 2.24) is 20.1 Å². The van der Waals surface area contributed by atoms with Crippen LogP contribution in [0, 0.1) is 0 Å². The zero-order chi connectivity index (χ0) is 9.80. The Morgan fingerprint density at radius 1 is 1.50 bits per heavy atom. The Bertz CT molecular complexity index is 401. The fourth-order valence-electron chi connectivity index (χ4n) is 0.912. The summed E-state index contributed by atoms with van der Waals surface area (Å²) in [5, 5.41) is 3.69. The van der Waals surface area contributed by atoms with Crippen LogP contribution in [0.1, 0.15) is 5.89 Å². The molecule has 2 N–H and O–H groups in total. The summed E-state index contributed by atoms with van der Waals surface area (Å²) in [6.07, 6.45) is 3.00. The van der Waals surface area contributed by atoms with Crippen molar-refractivity contribution in [3.8, 4) is 11.5 Å². The van der Waals surface area contributed by atoms with Crippen LogP contribution in [0.5, 0.6) is 0 Å². The van der Waals surface area contributed by atoms with Crippen molar-refractivity contribution in [3.63, 3.8) is 0 Å². The molecule has 14 heavy (non-hydrogen) atoms. The van der Waals surface area contributed by atoms with Crippen LogP contribution in [0.2, 0.25) is 0 Å². The molecule has 0 saturated heterocycles. The maximum absolute atomic E-state index is 4.86. The molecule has 0 atom stereocenters. The zero-order valence-corrected chi connectivity index (χ0v) is 7.12. The van der Waals surface area contributed by atoms with Crippen molar-refractivity contribution in [2.45, 2.75) is 6.61 Å². The van der Waals surface area contributed by atoms with Crippen LogP contribution in [-0.2, 0) is 11.4 Å². The third kappa shape index (κ3) is 1.73. The lowest BCUT2D eigenvalue weighted by molar-refractivity contribution is 0.0996. The van der Waals surface area contributed by atoms with Crippen molar-refractivity contribution in [1.29, 1.82) is 0 Å². The van der Waals surface area contributed by atoms with Gasteiger partial charge >= 0.3 is 0 Å². The van der Waals surface area contributed by atoms with Crippen LogP contribution in [0.15, 0.2) is 23.1 Å². The number of hydrogen-bond donors (Lipinski definition) is 1. The lowest BCUT2D eigenvalue weighted by atomic mass is 10.4. The second-order valence-corrected chi connectivity index (χ2v) is 2.42. The van der Waals surface area contributed by atoms with Gasteiger partial charge in [0.05, 0.1) is 0 Å². The summed E-state index contributed by atoms with van der Waals surface area (Å²) in [6.45, 7) is 0.0814. The molecule has 0 radical (unpaired) electrons. The number of hydrogen-bond acceptors (Lipinski definition) is 7. The van der Waals surface area contributed by atoms with Gasteiger partial charge in [0.25, 0.3) is 5.89 Å². The molecule has 72 valence electrons. The summed E-state index contributed by atoms with van der Waals surface area (Å²) < 4.78 is 4.83. The van der Waals surface area contributed by atoms with Crippen LogP contribution in [0.4, 0.5) is 0 Å². The molecule has 0 aliphatic rings. The highest BCUT2D eigenvalue weighted by atomic mass is 16.6. The molecule has 0 aromatic carbocycles. The van der Waals surface area contributed by atoms with Crippen LogP contribution in [-0.4, -0.2) is 20.1 Å². The van der Waals surface area contributed by atoms with E-state index in [0.717, 1.165) is 0 Å². The quantitative estimate of drug-likeness (QED) is 0.680. The number of nitrogens with two attached hydrogens (primary N) is 1. The molecule has 0 spiro atoms. The first-order valence-corrected chi connectivity index (χ1v) is 3.81. The van der Waals surface area contributed by atoms with Gasteiger partial charge in [-0.25, -0.2) is 15.9 Å². The number of rotatable bonds is 3. The van der Waals surface area contributed by atoms with Gasteiger partial charge in [0, 0.05) is 6.20 Å². The van der Waals surface area contributed by atoms with E-state index in [1.165, 1.54) is 6.33 Å². The maximum Gasteiger partial charge on any atom is 0.255 e. The van der Waals surface area contributed by atoms with Gasteiger partial charge in [0.15, 0.2) is 0 Å². The standard InChI is InChI=1S/C7H7N5O2/c8-13-3-6-11-7(12-14-6)5-1-2-9-4-10-5/h1-2,4H,3,8H2. The Kier molecular flexibility index (Phi) is 2.43. The van der Waals surface area contributed by atoms with Crippen LogP contribution in [0.3, 0.4) is 0 Å². The van der Waals surface area contributed by atoms with Crippen molar-refractivity contribution in [3.05, 3.63) is 24.5 Å². The normalized spacial score (nSPS) is 10.4. The molecule has 7 nitrogen and oxygen atoms in total. The molecule has 0 amide bonds. The third-order valence-corrected chi connectivity index (χ3v) is 1.49. The molecule has 0 aliphatic carbocycles. The van der Waals surface area contributed by atoms with E-state index in [4.69, 9.17) is 10.4 Å². The molecule has 2 rings (SSSR count). The minimum atomic E-state index is 0.0814. The lowest BCUT2D eigenvalue weighted by Crippen LogP contribution is -1.98. The Labute approximate surface area is 78.9 Å². The fraction of sp³-hybridized carbons (Fsp3) is 0.143. The Morgan fingerprint density at radius 3 is 3.14 bits per heavy atom. The monoisotopic (exact) mass is 193 g/mol. The van der Waals surface area contributed by atoms with Gasteiger partial charge in [-0.3, -0.25) is 4.84 Å². The van der Waals surface area contributed by atoms with Gasteiger partial charge in [-0.1, -0.05) is 5.16 Å². The van der Waals surface area contributed by atoms with E-state index in [1.807, 2.05) is 0 Å². The second-order valence-electron chi connectivity index (χ2n) is 2.42. The summed E-state index contributed by atoms with van der Waals surface area (Å²) in [7, 11) is 0. The average Bonchev–Trinajstić information content (AvgIpc) is 2.68. The zero-order valence-electron chi connectivity index (χ0n) is 7.12. The highest BCUT2D eigenvalue weighted by molar-refractivity contribution is 5.46. The molecular formula is C7H7N5O2. The van der Waals surface area contributed by atoms with E-state index in [0.29, 0.717) is 17.4 Å². The fourth-order valence-corrected chi connectivity index (χ4v) is 0.912. The summed E-state index contributed by atoms with van der Waals surface area (Å²) in [5.74, 6) is 5.55. The SMILES string of the molecule is NOCc1nc(-c2ccncn2)no1. The highest BCUT2D eigenvalue weighted by Crippen LogP contribution is 2.10. The first-order valence-electron chi connectivity index (χ1n) is 3.81. The van der Waals surface area contributed by atoms with E-state index < -0.39 is 0 Å². The van der Waals surface area contributed by atoms with Crippen molar-refractivity contribution < 1.29 is 9.36 Å². The molecule has 0 fully saturated rings. The van der Waals surface area contributed by atoms with Gasteiger partial charge < -0.3 is 4.52 Å². The third-order valence-electron chi connectivity index (χ3n) is 1.49. The predicted octanol–water partition coefficient (Wildman–Crippen LogP) is -0.0831. The molecule has 2 aromatic rings. The van der Waals surface area contributed by atoms with E-state index in [2.05, 4.69) is 24.9 Å². The minimum absolute atomic E-state index is 0.0814. The molecular weight excluding hydrogens is 186 g/mol. The smallest absolute Gasteiger partial charge is 0.255 e. The van der Waals surface area contributed by atoms with Crippen LogP contribution in [0.25, 0.3) is 11.5 Å². The molecule has 0 saturated carbocycles. The summed E-state index contributed by atoms with van der Waals surface area (Å²) in [6, 6.07) is 1.68. The summed E-state index contributed by atoms with van der Waals surface area (Å²) in [4.78, 5) is 16.1. The van der Waals surface area contributed by atoms with Gasteiger partial charge in [0.2, 0.25) is 5.82 Å². The second kappa shape index (κ2) is 3.90. The highest BCUT2D eigenvalue weighted by Gasteiger charge is 2.08. The van der Waals surface area contributed by atoms with Crippen molar-refractivity contribution >= 4 is 0 Å². The largest absolute Gasteiger partial charge is 0.336 e. The predicted molar refractivity (Wildman–Crippen MR) is 44.3 cm³/mol. The van der Waals surface area contributed by atoms with E-state index in [-0.39, 0.29) is 6.61 Å². The van der Waals surface area contributed by atoms with Gasteiger partial charge in [-0.05, 0) is 6.07 Å². The first-order chi connectivity index (χ1) is 6.90. The van der Waals surface area contributed by atoms with Crippen LogP contribution >= 0.6 is 0 Å². The lowest BCUT2D eigenvalue weighted by Gasteiger charge is -1.89. The van der Waals surface area contributed by atoms with E-state index in [9.17, 15) is 0 Å². The summed E-state index contributed by atoms with van der Waals surface area (Å²) in [5.41, 5.74) is 0.590. The van der Waals surface area contributed by atoms with E-state index in [1.54, 1.807) is 12.3 Å². The number of aromatic nitrogens is 4. The Morgan fingerprint density at radius 2 is 2.43 bits per heavy atom. The van der Waals surface area contributed by atoms with Crippen molar-refractivity contribution in [2.75, 3.05) is 0 Å². The van der Waals surface area contributed by atoms with Gasteiger partial charge in [-0.15, -0.1) is 0 Å². The molecule has 7 heteroatoms. The number of nitrogens with zero attached hydrogens (tertiary/aromatic N) is 4. The topological polar surface area (TPSA) is 100.0 Å². The van der Waals surface area contributed by atoms with E-state index >= 15 is 0 Å². The maximum atomic E-state index is 4.86. The van der Waals surface area contributed by atoms with Gasteiger partial charge in [-0.2, -0.15) is 4.98 Å². The van der Waals surface area contributed by atoms with Crippen LogP contribution < -0.4 is 5.90 Å². The minimum Gasteiger partial charge on any atom is -0.336 e. The average molecular weight is 193 g/mol. The summed E-state index contributed by atoms with van der Waals surface area (Å²) >= 11 is 0. The molecule has 2 aromatic heterocycles. The van der Waals surface area contributed by atoms with Crippen molar-refractivity contribution in [2.24, 2.45) is 5.90 Å².